The largest absolute Gasteiger partial charge is 0.504 e. The van der Waals surface area contributed by atoms with E-state index >= 15 is 0 Å². The fourth-order valence-electron chi connectivity index (χ4n) is 1.07. The molecule has 92 valence electrons. The van der Waals surface area contributed by atoms with Crippen LogP contribution in [0.15, 0.2) is 18.2 Å². The first-order valence-electron chi connectivity index (χ1n) is 4.74. The molecule has 0 bridgehead atoms. The lowest BCUT2D eigenvalue weighted by atomic mass is 10.3. The maximum absolute atomic E-state index is 10.5. The molecule has 0 unspecified atom stereocenters. The molecule has 1 aromatic carbocycles. The molecule has 0 radical (unpaired) electrons. The molecule has 7 nitrogen and oxygen atoms in total. The van der Waals surface area contributed by atoms with E-state index in [1.807, 2.05) is 0 Å². The van der Waals surface area contributed by atoms with E-state index in [0.717, 1.165) is 12.1 Å². The topological polar surface area (TPSA) is 98.9 Å². The molecule has 0 aliphatic heterocycles. The van der Waals surface area contributed by atoms with Crippen LogP contribution in [0.1, 0.15) is 6.92 Å². The van der Waals surface area contributed by atoms with Crippen LogP contribution in [0, 0.1) is 10.1 Å². The monoisotopic (exact) mass is 241 g/mol. The van der Waals surface area contributed by atoms with Gasteiger partial charge in [-0.25, -0.2) is 0 Å². The molecule has 0 amide bonds. The molecule has 1 aromatic rings. The number of carbonyl (C=O) groups excluding carboxylic acids is 1. The standard InChI is InChI=1S/C10H11NO6/c1-7(12)16-4-5-17-10-6-8(11(14)15)2-3-9(10)13/h2-3,6,13H,4-5H2,1H3. The SMILES string of the molecule is CC(=O)OCCOc1cc([N+](=O)[O-])ccc1O. The van der Waals surface area contributed by atoms with Gasteiger partial charge in [-0.1, -0.05) is 0 Å². The molecule has 0 saturated heterocycles. The van der Waals surface area contributed by atoms with Gasteiger partial charge in [0.2, 0.25) is 0 Å². The lowest BCUT2D eigenvalue weighted by Crippen LogP contribution is -2.09. The van der Waals surface area contributed by atoms with E-state index in [9.17, 15) is 20.0 Å². The first-order chi connectivity index (χ1) is 8.00. The van der Waals surface area contributed by atoms with E-state index < -0.39 is 10.9 Å². The number of phenols is 1. The highest BCUT2D eigenvalue weighted by Gasteiger charge is 2.11. The highest BCUT2D eigenvalue weighted by atomic mass is 16.6. The summed E-state index contributed by atoms with van der Waals surface area (Å²) in [6.07, 6.45) is 0. The highest BCUT2D eigenvalue weighted by molar-refractivity contribution is 5.65. The molecule has 17 heavy (non-hydrogen) atoms. The Hall–Kier alpha value is -2.31. The zero-order chi connectivity index (χ0) is 12.8. The second-order valence-corrected chi connectivity index (χ2v) is 3.10. The van der Waals surface area contributed by atoms with Crippen molar-refractivity contribution in [2.45, 2.75) is 6.92 Å². The number of benzene rings is 1. The van der Waals surface area contributed by atoms with Crippen molar-refractivity contribution in [1.29, 1.82) is 0 Å². The van der Waals surface area contributed by atoms with Crippen molar-refractivity contribution >= 4 is 11.7 Å². The second-order valence-electron chi connectivity index (χ2n) is 3.10. The lowest BCUT2D eigenvalue weighted by molar-refractivity contribution is -0.385. The van der Waals surface area contributed by atoms with Gasteiger partial charge in [0.1, 0.15) is 13.2 Å². The fourth-order valence-corrected chi connectivity index (χ4v) is 1.07. The number of esters is 1. The van der Waals surface area contributed by atoms with Crippen LogP contribution in [0.2, 0.25) is 0 Å². The Bertz CT molecular complexity index is 431. The van der Waals surface area contributed by atoms with Crippen molar-refractivity contribution in [3.63, 3.8) is 0 Å². The first kappa shape index (κ1) is 12.8. The minimum atomic E-state index is -0.599. The average molecular weight is 241 g/mol. The van der Waals surface area contributed by atoms with Gasteiger partial charge in [-0.05, 0) is 6.07 Å². The number of nitrogens with zero attached hydrogens (tertiary/aromatic N) is 1. The molecule has 0 saturated carbocycles. The van der Waals surface area contributed by atoms with Gasteiger partial charge in [-0.2, -0.15) is 0 Å². The zero-order valence-electron chi connectivity index (χ0n) is 9.08. The van der Waals surface area contributed by atoms with Crippen LogP contribution in [-0.2, 0) is 9.53 Å². The molecule has 0 atom stereocenters. The van der Waals surface area contributed by atoms with Gasteiger partial charge in [0, 0.05) is 13.0 Å². The quantitative estimate of drug-likeness (QED) is 0.360. The van der Waals surface area contributed by atoms with Crippen LogP contribution in [0.25, 0.3) is 0 Å². The number of hydrogen-bond acceptors (Lipinski definition) is 6. The third-order valence-electron chi connectivity index (χ3n) is 1.80. The fraction of sp³-hybridized carbons (Fsp3) is 0.300. The molecule has 1 rings (SSSR count). The summed E-state index contributed by atoms with van der Waals surface area (Å²) in [5, 5.41) is 19.9. The van der Waals surface area contributed by atoms with Crippen molar-refractivity contribution in [2.24, 2.45) is 0 Å². The average Bonchev–Trinajstić information content (AvgIpc) is 2.25. The van der Waals surface area contributed by atoms with E-state index in [0.29, 0.717) is 0 Å². The maximum atomic E-state index is 10.5. The van der Waals surface area contributed by atoms with Gasteiger partial charge in [-0.15, -0.1) is 0 Å². The summed E-state index contributed by atoms with van der Waals surface area (Å²) >= 11 is 0. The highest BCUT2D eigenvalue weighted by Crippen LogP contribution is 2.29. The van der Waals surface area contributed by atoms with Crippen molar-refractivity contribution in [3.8, 4) is 11.5 Å². The molecule has 1 N–H and O–H groups in total. The van der Waals surface area contributed by atoms with E-state index in [2.05, 4.69) is 4.74 Å². The van der Waals surface area contributed by atoms with E-state index in [1.54, 1.807) is 0 Å². The van der Waals surface area contributed by atoms with Crippen molar-refractivity contribution in [2.75, 3.05) is 13.2 Å². The maximum Gasteiger partial charge on any atom is 0.302 e. The van der Waals surface area contributed by atoms with Crippen molar-refractivity contribution < 1.29 is 24.3 Å². The predicted molar refractivity (Wildman–Crippen MR) is 56.9 cm³/mol. The molecule has 7 heteroatoms. The Morgan fingerprint density at radius 2 is 2.18 bits per heavy atom. The van der Waals surface area contributed by atoms with E-state index in [-0.39, 0.29) is 30.4 Å². The molecule has 0 fully saturated rings. The Morgan fingerprint density at radius 3 is 2.76 bits per heavy atom. The summed E-state index contributed by atoms with van der Waals surface area (Å²) in [5.74, 6) is -0.679. The van der Waals surface area contributed by atoms with E-state index in [1.165, 1.54) is 13.0 Å². The first-order valence-corrected chi connectivity index (χ1v) is 4.74. The minimum absolute atomic E-state index is 0.00824. The lowest BCUT2D eigenvalue weighted by Gasteiger charge is -2.07. The Morgan fingerprint density at radius 1 is 1.47 bits per heavy atom. The van der Waals surface area contributed by atoms with Crippen LogP contribution in [0.5, 0.6) is 11.5 Å². The molecular formula is C10H11NO6. The third kappa shape index (κ3) is 3.98. The normalized spacial score (nSPS) is 9.71. The number of ether oxygens (including phenoxy) is 2. The molecule has 0 aliphatic rings. The summed E-state index contributed by atoms with van der Waals surface area (Å²) in [6, 6.07) is 3.43. The van der Waals surface area contributed by atoms with Crippen LogP contribution < -0.4 is 4.74 Å². The van der Waals surface area contributed by atoms with Gasteiger partial charge >= 0.3 is 5.97 Å². The van der Waals surface area contributed by atoms with Gasteiger partial charge in [0.25, 0.3) is 5.69 Å². The Balaban J connectivity index is 2.60. The number of rotatable bonds is 5. The minimum Gasteiger partial charge on any atom is -0.504 e. The number of hydrogen-bond donors (Lipinski definition) is 1. The van der Waals surface area contributed by atoms with Gasteiger partial charge in [-0.3, -0.25) is 14.9 Å². The zero-order valence-corrected chi connectivity index (χ0v) is 9.08. The number of aromatic hydroxyl groups is 1. The molecule has 0 aromatic heterocycles. The van der Waals surface area contributed by atoms with Crippen LogP contribution in [0.4, 0.5) is 5.69 Å². The molecule has 0 spiro atoms. The molecule has 0 heterocycles. The number of nitro benzene ring substituents is 1. The van der Waals surface area contributed by atoms with Gasteiger partial charge in [0.15, 0.2) is 11.5 Å². The van der Waals surface area contributed by atoms with Crippen LogP contribution in [-0.4, -0.2) is 29.2 Å². The summed E-state index contributed by atoms with van der Waals surface area (Å²) in [6.45, 7) is 1.27. The summed E-state index contributed by atoms with van der Waals surface area (Å²) in [7, 11) is 0. The second kappa shape index (κ2) is 5.69. The number of nitro groups is 1. The summed E-state index contributed by atoms with van der Waals surface area (Å²) < 4.78 is 9.65. The van der Waals surface area contributed by atoms with E-state index in [4.69, 9.17) is 4.74 Å². The number of phenolic OH excluding ortho intramolecular Hbond substituents is 1. The van der Waals surface area contributed by atoms with Crippen LogP contribution in [0.3, 0.4) is 0 Å². The Kier molecular flexibility index (Phi) is 4.27. The van der Waals surface area contributed by atoms with Crippen LogP contribution >= 0.6 is 0 Å². The third-order valence-corrected chi connectivity index (χ3v) is 1.80. The molecular weight excluding hydrogens is 230 g/mol. The Labute approximate surface area is 96.7 Å². The number of non-ortho nitro benzene ring substituents is 1. The smallest absolute Gasteiger partial charge is 0.302 e. The van der Waals surface area contributed by atoms with Gasteiger partial charge < -0.3 is 14.6 Å². The number of carbonyl (C=O) groups is 1. The predicted octanol–water partition coefficient (Wildman–Crippen LogP) is 1.24. The molecule has 0 aliphatic carbocycles. The van der Waals surface area contributed by atoms with Crippen molar-refractivity contribution in [1.82, 2.24) is 0 Å². The summed E-state index contributed by atoms with van der Waals surface area (Å²) in [4.78, 5) is 20.3. The van der Waals surface area contributed by atoms with Gasteiger partial charge in [0.05, 0.1) is 11.0 Å². The van der Waals surface area contributed by atoms with Crippen molar-refractivity contribution in [3.05, 3.63) is 28.3 Å². The summed E-state index contributed by atoms with van der Waals surface area (Å²) in [5.41, 5.74) is -0.190.